The zero-order chi connectivity index (χ0) is 13.4. The molecular formula is C12H20N4O2. The normalized spacial score (nSPS) is 14.2. The summed E-state index contributed by atoms with van der Waals surface area (Å²) in [4.78, 5) is 28.1. The molecule has 1 aliphatic heterocycles. The van der Waals surface area contributed by atoms with Crippen molar-refractivity contribution in [1.82, 2.24) is 9.13 Å². The van der Waals surface area contributed by atoms with Gasteiger partial charge in [-0.15, -0.1) is 0 Å². The van der Waals surface area contributed by atoms with E-state index in [0.29, 0.717) is 12.4 Å². The molecule has 0 saturated carbocycles. The first kappa shape index (κ1) is 12.7. The van der Waals surface area contributed by atoms with Gasteiger partial charge in [-0.1, -0.05) is 13.3 Å². The van der Waals surface area contributed by atoms with Crippen molar-refractivity contribution < 1.29 is 0 Å². The van der Waals surface area contributed by atoms with Gasteiger partial charge in [0, 0.05) is 27.7 Å². The van der Waals surface area contributed by atoms with E-state index in [9.17, 15) is 9.59 Å². The maximum atomic E-state index is 12.2. The van der Waals surface area contributed by atoms with Crippen molar-refractivity contribution in [3.8, 4) is 0 Å². The quantitative estimate of drug-likeness (QED) is 0.765. The predicted molar refractivity (Wildman–Crippen MR) is 72.4 cm³/mol. The predicted octanol–water partition coefficient (Wildman–Crippen LogP) is 0.0978. The Morgan fingerprint density at radius 2 is 1.78 bits per heavy atom. The molecule has 6 nitrogen and oxygen atoms in total. The molecule has 0 radical (unpaired) electrons. The van der Waals surface area contributed by atoms with E-state index in [-0.39, 0.29) is 11.2 Å². The van der Waals surface area contributed by atoms with Crippen LogP contribution in [0.25, 0.3) is 0 Å². The topological polar surface area (TPSA) is 50.5 Å². The Morgan fingerprint density at radius 1 is 1.11 bits per heavy atom. The van der Waals surface area contributed by atoms with Gasteiger partial charge < -0.3 is 9.80 Å². The Bertz CT molecular complexity index is 573. The number of anilines is 2. The van der Waals surface area contributed by atoms with Crippen molar-refractivity contribution in [3.05, 3.63) is 20.8 Å². The number of fused-ring (bicyclic) bond motifs is 1. The number of hydrogen-bond acceptors (Lipinski definition) is 4. The Hall–Kier alpha value is -1.72. The summed E-state index contributed by atoms with van der Waals surface area (Å²) in [6, 6.07) is 0. The van der Waals surface area contributed by atoms with E-state index >= 15 is 0 Å². The maximum absolute atomic E-state index is 12.2. The van der Waals surface area contributed by atoms with Crippen LogP contribution in [-0.2, 0) is 14.1 Å². The van der Waals surface area contributed by atoms with E-state index in [2.05, 4.69) is 11.8 Å². The van der Waals surface area contributed by atoms with Crippen LogP contribution < -0.4 is 21.0 Å². The van der Waals surface area contributed by atoms with Gasteiger partial charge in [0.25, 0.3) is 5.56 Å². The highest BCUT2D eigenvalue weighted by atomic mass is 16.2. The van der Waals surface area contributed by atoms with Crippen LogP contribution in [0.5, 0.6) is 0 Å². The van der Waals surface area contributed by atoms with Crippen LogP contribution in [0.4, 0.5) is 11.5 Å². The second-order valence-corrected chi connectivity index (χ2v) is 4.83. The van der Waals surface area contributed by atoms with E-state index in [1.807, 2.05) is 11.9 Å². The fourth-order valence-corrected chi connectivity index (χ4v) is 2.45. The van der Waals surface area contributed by atoms with Crippen LogP contribution in [0.1, 0.15) is 19.8 Å². The van der Waals surface area contributed by atoms with Crippen LogP contribution in [-0.4, -0.2) is 29.4 Å². The SMILES string of the molecule is CCCCN1CN(C)c2c1c(=O)n(C)c(=O)n2C. The monoisotopic (exact) mass is 252 g/mol. The number of unbranched alkanes of at least 4 members (excludes halogenated alkanes) is 1. The van der Waals surface area contributed by atoms with Gasteiger partial charge in [-0.05, 0) is 6.42 Å². The van der Waals surface area contributed by atoms with Gasteiger partial charge in [-0.3, -0.25) is 13.9 Å². The summed E-state index contributed by atoms with van der Waals surface area (Å²) in [5.41, 5.74) is 0.173. The molecule has 6 heteroatoms. The molecule has 0 N–H and O–H groups in total. The van der Waals surface area contributed by atoms with Crippen molar-refractivity contribution >= 4 is 11.5 Å². The molecule has 0 aliphatic carbocycles. The first-order chi connectivity index (χ1) is 8.49. The van der Waals surface area contributed by atoms with E-state index in [1.54, 1.807) is 11.6 Å². The molecule has 0 unspecified atom stereocenters. The second kappa shape index (κ2) is 4.51. The fraction of sp³-hybridized carbons (Fsp3) is 0.667. The molecule has 0 saturated heterocycles. The van der Waals surface area contributed by atoms with Crippen molar-refractivity contribution in [2.45, 2.75) is 19.8 Å². The largest absolute Gasteiger partial charge is 0.346 e. The van der Waals surface area contributed by atoms with E-state index < -0.39 is 0 Å². The van der Waals surface area contributed by atoms with Crippen LogP contribution in [0.3, 0.4) is 0 Å². The first-order valence-electron chi connectivity index (χ1n) is 6.25. The highest BCUT2D eigenvalue weighted by Crippen LogP contribution is 2.29. The third-order valence-corrected chi connectivity index (χ3v) is 3.45. The molecule has 0 fully saturated rings. The van der Waals surface area contributed by atoms with Gasteiger partial charge in [0.2, 0.25) is 0 Å². The molecule has 1 aromatic rings. The summed E-state index contributed by atoms with van der Waals surface area (Å²) >= 11 is 0. The molecule has 1 aliphatic rings. The number of aromatic nitrogens is 2. The minimum Gasteiger partial charge on any atom is -0.346 e. The van der Waals surface area contributed by atoms with Crippen LogP contribution in [0.2, 0.25) is 0 Å². The van der Waals surface area contributed by atoms with Crippen LogP contribution in [0, 0.1) is 0 Å². The summed E-state index contributed by atoms with van der Waals surface area (Å²) in [6.07, 6.45) is 2.13. The second-order valence-electron chi connectivity index (χ2n) is 4.83. The first-order valence-corrected chi connectivity index (χ1v) is 6.25. The van der Waals surface area contributed by atoms with Gasteiger partial charge in [0.1, 0.15) is 11.5 Å². The molecular weight excluding hydrogens is 232 g/mol. The third kappa shape index (κ3) is 1.72. The fourth-order valence-electron chi connectivity index (χ4n) is 2.45. The highest BCUT2D eigenvalue weighted by Gasteiger charge is 2.30. The molecule has 100 valence electrons. The van der Waals surface area contributed by atoms with E-state index in [0.717, 1.165) is 25.2 Å². The summed E-state index contributed by atoms with van der Waals surface area (Å²) in [6.45, 7) is 3.64. The lowest BCUT2D eigenvalue weighted by molar-refractivity contribution is 0.688. The molecule has 2 rings (SSSR count). The van der Waals surface area contributed by atoms with Crippen LogP contribution in [0.15, 0.2) is 9.59 Å². The van der Waals surface area contributed by atoms with Gasteiger partial charge in [0.05, 0.1) is 6.67 Å². The van der Waals surface area contributed by atoms with Gasteiger partial charge in [-0.2, -0.15) is 0 Å². The summed E-state index contributed by atoms with van der Waals surface area (Å²) < 4.78 is 2.72. The lowest BCUT2D eigenvalue weighted by Crippen LogP contribution is -2.39. The summed E-state index contributed by atoms with van der Waals surface area (Å²) in [5, 5.41) is 0. The molecule has 18 heavy (non-hydrogen) atoms. The van der Waals surface area contributed by atoms with Crippen molar-refractivity contribution in [1.29, 1.82) is 0 Å². The van der Waals surface area contributed by atoms with Crippen molar-refractivity contribution in [3.63, 3.8) is 0 Å². The molecule has 0 aromatic carbocycles. The Labute approximate surface area is 106 Å². The molecule has 2 heterocycles. The van der Waals surface area contributed by atoms with Crippen LogP contribution >= 0.6 is 0 Å². The van der Waals surface area contributed by atoms with E-state index in [4.69, 9.17) is 0 Å². The zero-order valence-electron chi connectivity index (χ0n) is 11.4. The number of nitrogens with zero attached hydrogens (tertiary/aromatic N) is 4. The summed E-state index contributed by atoms with van der Waals surface area (Å²) in [7, 11) is 5.14. The molecule has 1 aromatic heterocycles. The average molecular weight is 252 g/mol. The van der Waals surface area contributed by atoms with E-state index in [1.165, 1.54) is 11.6 Å². The molecule has 0 atom stereocenters. The number of rotatable bonds is 3. The zero-order valence-corrected chi connectivity index (χ0v) is 11.4. The molecule has 0 amide bonds. The maximum Gasteiger partial charge on any atom is 0.332 e. The van der Waals surface area contributed by atoms with Gasteiger partial charge in [-0.25, -0.2) is 4.79 Å². The minimum absolute atomic E-state index is 0.200. The highest BCUT2D eigenvalue weighted by molar-refractivity contribution is 5.71. The minimum atomic E-state index is -0.275. The molecule has 0 spiro atoms. The smallest absolute Gasteiger partial charge is 0.332 e. The van der Waals surface area contributed by atoms with Gasteiger partial charge >= 0.3 is 5.69 Å². The number of hydrogen-bond donors (Lipinski definition) is 0. The average Bonchev–Trinajstić information content (AvgIpc) is 2.68. The standard InChI is InChI=1S/C12H20N4O2/c1-5-6-7-16-8-13(2)10-9(16)11(17)15(4)12(18)14(10)3/h5-8H2,1-4H3. The molecule has 0 bridgehead atoms. The Morgan fingerprint density at radius 3 is 2.39 bits per heavy atom. The summed E-state index contributed by atoms with van der Waals surface area (Å²) in [5.74, 6) is 0.721. The lowest BCUT2D eigenvalue weighted by Gasteiger charge is -2.17. The third-order valence-electron chi connectivity index (χ3n) is 3.45. The Kier molecular flexibility index (Phi) is 3.19. The van der Waals surface area contributed by atoms with Crippen molar-refractivity contribution in [2.24, 2.45) is 14.1 Å². The van der Waals surface area contributed by atoms with Crippen molar-refractivity contribution in [2.75, 3.05) is 30.1 Å². The Balaban J connectivity index is 2.60. The van der Waals surface area contributed by atoms with Gasteiger partial charge in [0.15, 0.2) is 0 Å². The lowest BCUT2D eigenvalue weighted by atomic mass is 10.3.